The predicted octanol–water partition coefficient (Wildman–Crippen LogP) is 2.26. The highest BCUT2D eigenvalue weighted by molar-refractivity contribution is 6.01. The summed E-state index contributed by atoms with van der Waals surface area (Å²) in [6, 6.07) is 5.16. The van der Waals surface area contributed by atoms with Gasteiger partial charge in [0.25, 0.3) is 0 Å². The molecule has 22 heavy (non-hydrogen) atoms. The van der Waals surface area contributed by atoms with E-state index in [0.717, 1.165) is 0 Å². The molecule has 2 N–H and O–H groups in total. The van der Waals surface area contributed by atoms with Crippen molar-refractivity contribution >= 4 is 23.2 Å². The van der Waals surface area contributed by atoms with Crippen LogP contribution in [0.1, 0.15) is 20.3 Å². The Morgan fingerprint density at radius 2 is 2.05 bits per heavy atom. The van der Waals surface area contributed by atoms with Crippen LogP contribution in [0, 0.1) is 11.8 Å². The number of carbonyl (C=O) groups excluding carboxylic acids is 2. The molecular formula is C16H22N2O4. The van der Waals surface area contributed by atoms with E-state index in [0.29, 0.717) is 36.8 Å². The number of amides is 2. The van der Waals surface area contributed by atoms with Crippen LogP contribution in [0.4, 0.5) is 11.4 Å². The molecule has 1 aromatic carbocycles. The van der Waals surface area contributed by atoms with Gasteiger partial charge in [0.05, 0.1) is 31.0 Å². The minimum absolute atomic E-state index is 0.106. The Kier molecular flexibility index (Phi) is 5.38. The summed E-state index contributed by atoms with van der Waals surface area (Å²) in [7, 11) is 1.55. The van der Waals surface area contributed by atoms with Crippen LogP contribution in [0.5, 0.6) is 5.75 Å². The van der Waals surface area contributed by atoms with Gasteiger partial charge in [0.1, 0.15) is 5.75 Å². The standard InChI is InChI=1S/C16H22N2O4/c1-10(2)15(19)17-13-5-4-12(21-3)8-14(13)18-16(20)11-6-7-22-9-11/h4-5,8,10-11H,6-7,9H2,1-3H3,(H,17,19)(H,18,20). The van der Waals surface area contributed by atoms with Crippen LogP contribution in [0.25, 0.3) is 0 Å². The molecule has 120 valence electrons. The third-order valence-corrected chi connectivity index (χ3v) is 3.57. The summed E-state index contributed by atoms with van der Waals surface area (Å²) in [5.41, 5.74) is 1.09. The SMILES string of the molecule is COc1ccc(NC(=O)C(C)C)c(NC(=O)C2CCOC2)c1. The maximum Gasteiger partial charge on any atom is 0.229 e. The lowest BCUT2D eigenvalue weighted by Crippen LogP contribution is -2.24. The van der Waals surface area contributed by atoms with E-state index in [9.17, 15) is 9.59 Å². The second-order valence-corrected chi connectivity index (χ2v) is 5.61. The van der Waals surface area contributed by atoms with Crippen molar-refractivity contribution in [2.45, 2.75) is 20.3 Å². The summed E-state index contributed by atoms with van der Waals surface area (Å²) in [6.07, 6.45) is 0.712. The Morgan fingerprint density at radius 1 is 1.27 bits per heavy atom. The molecular weight excluding hydrogens is 284 g/mol. The van der Waals surface area contributed by atoms with Crippen molar-refractivity contribution in [2.75, 3.05) is 31.0 Å². The maximum atomic E-state index is 12.2. The molecule has 6 nitrogen and oxygen atoms in total. The van der Waals surface area contributed by atoms with Gasteiger partial charge in [-0.05, 0) is 18.6 Å². The second-order valence-electron chi connectivity index (χ2n) is 5.61. The highest BCUT2D eigenvalue weighted by Gasteiger charge is 2.24. The molecule has 0 aliphatic carbocycles. The van der Waals surface area contributed by atoms with E-state index < -0.39 is 0 Å². The molecule has 1 fully saturated rings. The number of hydrogen-bond acceptors (Lipinski definition) is 4. The Labute approximate surface area is 130 Å². The Morgan fingerprint density at radius 3 is 2.64 bits per heavy atom. The van der Waals surface area contributed by atoms with Gasteiger partial charge in [-0.1, -0.05) is 13.8 Å². The summed E-state index contributed by atoms with van der Waals surface area (Å²) in [6.45, 7) is 4.66. The van der Waals surface area contributed by atoms with Gasteiger partial charge in [0.15, 0.2) is 0 Å². The number of methoxy groups -OCH3 is 1. The van der Waals surface area contributed by atoms with Crippen LogP contribution in [-0.4, -0.2) is 32.1 Å². The molecule has 2 amide bonds. The monoisotopic (exact) mass is 306 g/mol. The van der Waals surface area contributed by atoms with Crippen LogP contribution >= 0.6 is 0 Å². The predicted molar refractivity (Wildman–Crippen MR) is 84.0 cm³/mol. The van der Waals surface area contributed by atoms with E-state index in [1.807, 2.05) is 13.8 Å². The highest BCUT2D eigenvalue weighted by atomic mass is 16.5. The third kappa shape index (κ3) is 3.98. The number of hydrogen-bond donors (Lipinski definition) is 2. The zero-order valence-electron chi connectivity index (χ0n) is 13.1. The first kappa shape index (κ1) is 16.3. The van der Waals surface area contributed by atoms with Crippen molar-refractivity contribution in [3.8, 4) is 5.75 Å². The lowest BCUT2D eigenvalue weighted by atomic mass is 10.1. The highest BCUT2D eigenvalue weighted by Crippen LogP contribution is 2.28. The number of rotatable bonds is 5. The van der Waals surface area contributed by atoms with Gasteiger partial charge < -0.3 is 20.1 Å². The minimum atomic E-state index is -0.153. The minimum Gasteiger partial charge on any atom is -0.497 e. The largest absolute Gasteiger partial charge is 0.497 e. The number of ether oxygens (including phenoxy) is 2. The smallest absolute Gasteiger partial charge is 0.229 e. The Balaban J connectivity index is 2.18. The average molecular weight is 306 g/mol. The Hall–Kier alpha value is -2.08. The van der Waals surface area contributed by atoms with Gasteiger partial charge in [0, 0.05) is 18.6 Å². The van der Waals surface area contributed by atoms with Crippen LogP contribution < -0.4 is 15.4 Å². The molecule has 1 atom stereocenters. The maximum absolute atomic E-state index is 12.2. The topological polar surface area (TPSA) is 76.7 Å². The summed E-state index contributed by atoms with van der Waals surface area (Å²) in [5, 5.41) is 5.67. The van der Waals surface area contributed by atoms with Crippen LogP contribution in [-0.2, 0) is 14.3 Å². The van der Waals surface area contributed by atoms with Gasteiger partial charge in [0.2, 0.25) is 11.8 Å². The first-order valence-corrected chi connectivity index (χ1v) is 7.38. The third-order valence-electron chi connectivity index (χ3n) is 3.57. The van der Waals surface area contributed by atoms with E-state index in [1.165, 1.54) is 0 Å². The molecule has 1 saturated heterocycles. The van der Waals surface area contributed by atoms with Gasteiger partial charge >= 0.3 is 0 Å². The second kappa shape index (κ2) is 7.26. The van der Waals surface area contributed by atoms with Crippen molar-refractivity contribution in [3.05, 3.63) is 18.2 Å². The van der Waals surface area contributed by atoms with Crippen molar-refractivity contribution in [2.24, 2.45) is 11.8 Å². The van der Waals surface area contributed by atoms with E-state index in [2.05, 4.69) is 10.6 Å². The van der Waals surface area contributed by atoms with Crippen molar-refractivity contribution in [1.82, 2.24) is 0 Å². The van der Waals surface area contributed by atoms with Gasteiger partial charge in [-0.25, -0.2) is 0 Å². The lowest BCUT2D eigenvalue weighted by Gasteiger charge is -2.16. The average Bonchev–Trinajstić information content (AvgIpc) is 3.03. The zero-order valence-corrected chi connectivity index (χ0v) is 13.1. The van der Waals surface area contributed by atoms with Gasteiger partial charge in [-0.15, -0.1) is 0 Å². The molecule has 6 heteroatoms. The molecule has 1 heterocycles. The molecule has 0 spiro atoms. The molecule has 0 saturated carbocycles. The summed E-state index contributed by atoms with van der Waals surface area (Å²) < 4.78 is 10.4. The van der Waals surface area contributed by atoms with E-state index >= 15 is 0 Å². The molecule has 2 rings (SSSR count). The zero-order chi connectivity index (χ0) is 16.1. The molecule has 0 bridgehead atoms. The fraction of sp³-hybridized carbons (Fsp3) is 0.500. The first-order valence-electron chi connectivity index (χ1n) is 7.38. The molecule has 1 aliphatic heterocycles. The quantitative estimate of drug-likeness (QED) is 0.875. The molecule has 1 aromatic rings. The van der Waals surface area contributed by atoms with E-state index in [-0.39, 0.29) is 23.7 Å². The summed E-state index contributed by atoms with van der Waals surface area (Å²) in [4.78, 5) is 24.1. The van der Waals surface area contributed by atoms with Crippen molar-refractivity contribution < 1.29 is 19.1 Å². The van der Waals surface area contributed by atoms with Crippen molar-refractivity contribution in [1.29, 1.82) is 0 Å². The molecule has 0 radical (unpaired) electrons. The van der Waals surface area contributed by atoms with Crippen molar-refractivity contribution in [3.63, 3.8) is 0 Å². The fourth-order valence-corrected chi connectivity index (χ4v) is 2.12. The fourth-order valence-electron chi connectivity index (χ4n) is 2.12. The van der Waals surface area contributed by atoms with Crippen LogP contribution in [0.15, 0.2) is 18.2 Å². The number of anilines is 2. The molecule has 1 unspecified atom stereocenters. The number of nitrogens with one attached hydrogen (secondary N) is 2. The number of benzene rings is 1. The molecule has 0 aromatic heterocycles. The number of carbonyl (C=O) groups is 2. The van der Waals surface area contributed by atoms with Crippen LogP contribution in [0.3, 0.4) is 0 Å². The Bertz CT molecular complexity index is 551. The first-order chi connectivity index (χ1) is 10.5. The summed E-state index contributed by atoms with van der Waals surface area (Å²) in [5.74, 6) is 0.102. The van der Waals surface area contributed by atoms with Crippen LogP contribution in [0.2, 0.25) is 0 Å². The van der Waals surface area contributed by atoms with E-state index in [4.69, 9.17) is 9.47 Å². The lowest BCUT2D eigenvalue weighted by molar-refractivity contribution is -0.120. The normalized spacial score (nSPS) is 17.4. The van der Waals surface area contributed by atoms with Gasteiger partial charge in [-0.2, -0.15) is 0 Å². The summed E-state index contributed by atoms with van der Waals surface area (Å²) >= 11 is 0. The molecule has 1 aliphatic rings. The van der Waals surface area contributed by atoms with Gasteiger partial charge in [-0.3, -0.25) is 9.59 Å². The van der Waals surface area contributed by atoms with E-state index in [1.54, 1.807) is 25.3 Å².